The molecule has 0 spiro atoms. The van der Waals surface area contributed by atoms with Crippen LogP contribution in [0.3, 0.4) is 0 Å². The van der Waals surface area contributed by atoms with Gasteiger partial charge in [0.15, 0.2) is 4.32 Å². The molecule has 1 aromatic rings. The van der Waals surface area contributed by atoms with Crippen LogP contribution in [0.1, 0.15) is 6.42 Å². The third-order valence-electron chi connectivity index (χ3n) is 1.92. The summed E-state index contributed by atoms with van der Waals surface area (Å²) in [6.07, 6.45) is 0.0641. The molecule has 0 amide bonds. The molecule has 1 heterocycles. The van der Waals surface area contributed by atoms with Crippen LogP contribution in [0.4, 0.5) is 0 Å². The molecule has 1 N–H and O–H groups in total. The smallest absolute Gasteiger partial charge is 0.317 e. The second-order valence-electron chi connectivity index (χ2n) is 3.14. The number of para-hydroxylation sites is 1. The minimum Gasteiger partial charge on any atom is -0.426 e. The zero-order chi connectivity index (χ0) is 12.3. The van der Waals surface area contributed by atoms with Gasteiger partial charge in [0.2, 0.25) is 0 Å². The molecular weight excluding hydrogens is 276 g/mol. The van der Waals surface area contributed by atoms with E-state index in [2.05, 4.69) is 10.5 Å². The van der Waals surface area contributed by atoms with Crippen molar-refractivity contribution in [3.63, 3.8) is 0 Å². The van der Waals surface area contributed by atoms with E-state index in [0.717, 1.165) is 0 Å². The molecular formula is C10H8N2O2S3. The summed E-state index contributed by atoms with van der Waals surface area (Å²) in [5, 5.41) is 4.47. The molecule has 17 heavy (non-hydrogen) atoms. The molecule has 0 bridgehead atoms. The first kappa shape index (κ1) is 12.3. The largest absolute Gasteiger partial charge is 0.426 e. The van der Waals surface area contributed by atoms with Gasteiger partial charge < -0.3 is 4.74 Å². The summed E-state index contributed by atoms with van der Waals surface area (Å²) in [7, 11) is -0.681. The predicted molar refractivity (Wildman–Crippen MR) is 74.6 cm³/mol. The zero-order valence-electron chi connectivity index (χ0n) is 8.58. The van der Waals surface area contributed by atoms with Gasteiger partial charge in [-0.05, 0) is 32.8 Å². The fraction of sp³-hybridized carbons (Fsp3) is 0.100. The Hall–Kier alpha value is -1.18. The van der Waals surface area contributed by atoms with Crippen LogP contribution in [0.2, 0.25) is 0 Å². The first-order valence-electron chi connectivity index (χ1n) is 4.71. The number of nitrogens with zero attached hydrogens (tertiary/aromatic N) is 1. The number of hydrogen-bond acceptors (Lipinski definition) is 5. The Balaban J connectivity index is 1.95. The van der Waals surface area contributed by atoms with Crippen molar-refractivity contribution in [1.82, 2.24) is 5.43 Å². The van der Waals surface area contributed by atoms with E-state index >= 15 is 0 Å². The van der Waals surface area contributed by atoms with Crippen LogP contribution in [-0.2, 0) is 25.4 Å². The lowest BCUT2D eigenvalue weighted by Crippen LogP contribution is -2.17. The van der Waals surface area contributed by atoms with Crippen LogP contribution in [-0.4, -0.2) is 15.3 Å². The lowest BCUT2D eigenvalue weighted by molar-refractivity contribution is -0.132. The number of hydrazone groups is 1. The Kier molecular flexibility index (Phi) is 3.93. The third-order valence-corrected chi connectivity index (χ3v) is 5.00. The van der Waals surface area contributed by atoms with E-state index in [1.807, 2.05) is 6.07 Å². The van der Waals surface area contributed by atoms with Crippen molar-refractivity contribution in [1.29, 1.82) is 0 Å². The van der Waals surface area contributed by atoms with E-state index in [1.54, 1.807) is 24.3 Å². The third kappa shape index (κ3) is 3.15. The van der Waals surface area contributed by atoms with E-state index < -0.39 is 9.45 Å². The van der Waals surface area contributed by atoms with Crippen molar-refractivity contribution >= 4 is 48.2 Å². The number of rotatable bonds is 3. The highest BCUT2D eigenvalue weighted by Crippen LogP contribution is 2.11. The van der Waals surface area contributed by atoms with Crippen molar-refractivity contribution in [2.45, 2.75) is 6.42 Å². The van der Waals surface area contributed by atoms with E-state index in [4.69, 9.17) is 28.1 Å². The number of ether oxygens (including phenoxy) is 1. The fourth-order valence-corrected chi connectivity index (χ4v) is 2.64. The van der Waals surface area contributed by atoms with Crippen LogP contribution in [0.5, 0.6) is 5.75 Å². The summed E-state index contributed by atoms with van der Waals surface area (Å²) in [5.74, 6) is 0.125. The molecule has 1 atom stereocenters. The Bertz CT molecular complexity index is 514. The van der Waals surface area contributed by atoms with E-state index in [1.165, 1.54) is 0 Å². The molecule has 4 nitrogen and oxygen atoms in total. The van der Waals surface area contributed by atoms with Crippen LogP contribution < -0.4 is 10.2 Å². The summed E-state index contributed by atoms with van der Waals surface area (Å²) in [6, 6.07) is 8.87. The van der Waals surface area contributed by atoms with Crippen molar-refractivity contribution < 1.29 is 9.53 Å². The topological polar surface area (TPSA) is 50.7 Å². The molecule has 0 radical (unpaired) electrons. The molecule has 1 unspecified atom stereocenters. The van der Waals surface area contributed by atoms with Gasteiger partial charge in [-0.1, -0.05) is 30.4 Å². The quantitative estimate of drug-likeness (QED) is 0.514. The fourth-order valence-electron chi connectivity index (χ4n) is 1.18. The molecule has 1 aliphatic heterocycles. The molecule has 2 rings (SSSR count). The second kappa shape index (κ2) is 5.44. The maximum atomic E-state index is 11.6. The lowest BCUT2D eigenvalue weighted by Gasteiger charge is -2.03. The van der Waals surface area contributed by atoms with Crippen LogP contribution in [0, 0.1) is 0 Å². The van der Waals surface area contributed by atoms with Gasteiger partial charge in [-0.3, -0.25) is 10.2 Å². The number of benzene rings is 1. The molecule has 0 saturated carbocycles. The first-order chi connectivity index (χ1) is 8.16. The lowest BCUT2D eigenvalue weighted by atomic mass is 10.3. The molecule has 1 aliphatic rings. The van der Waals surface area contributed by atoms with Crippen molar-refractivity contribution in [2.75, 3.05) is 0 Å². The van der Waals surface area contributed by atoms with Gasteiger partial charge in [-0.25, -0.2) is 0 Å². The van der Waals surface area contributed by atoms with Gasteiger partial charge in [-0.2, -0.15) is 5.10 Å². The Labute approximate surface area is 111 Å². The average Bonchev–Trinajstić information content (AvgIpc) is 2.62. The second-order valence-corrected chi connectivity index (χ2v) is 6.22. The Morgan fingerprint density at radius 2 is 2.12 bits per heavy atom. The highest BCUT2D eigenvalue weighted by Gasteiger charge is 2.21. The highest BCUT2D eigenvalue weighted by molar-refractivity contribution is 8.49. The van der Waals surface area contributed by atoms with Gasteiger partial charge in [-0.15, -0.1) is 0 Å². The maximum Gasteiger partial charge on any atom is 0.317 e. The van der Waals surface area contributed by atoms with Crippen molar-refractivity contribution in [3.8, 4) is 5.75 Å². The van der Waals surface area contributed by atoms with Crippen LogP contribution in [0.15, 0.2) is 35.4 Å². The Morgan fingerprint density at radius 1 is 1.41 bits per heavy atom. The zero-order valence-corrected chi connectivity index (χ0v) is 11.0. The number of carbonyl (C=O) groups is 1. The number of thiocarbonyl (C=S) groups is 1. The summed E-state index contributed by atoms with van der Waals surface area (Å²) in [4.78, 5) is 11.6. The maximum absolute atomic E-state index is 11.6. The monoisotopic (exact) mass is 284 g/mol. The normalized spacial score (nSPS) is 18.5. The molecule has 0 fully saturated rings. The first-order valence-corrected chi connectivity index (χ1v) is 7.26. The van der Waals surface area contributed by atoms with E-state index in [-0.39, 0.29) is 12.4 Å². The standard InChI is InChI=1S/C10H8N2O2S3/c13-9(14-7-4-2-1-3-5-7)6-8-11-12-10(15)17(8)16/h1-5H,6H2,(H,12,15). The Morgan fingerprint density at radius 3 is 2.71 bits per heavy atom. The van der Waals surface area contributed by atoms with Gasteiger partial charge >= 0.3 is 5.97 Å². The molecule has 0 aliphatic carbocycles. The minimum absolute atomic E-state index is 0.0641. The van der Waals surface area contributed by atoms with Crippen molar-refractivity contribution in [2.24, 2.45) is 5.10 Å². The molecule has 0 aromatic heterocycles. The van der Waals surface area contributed by atoms with E-state index in [0.29, 0.717) is 15.1 Å². The van der Waals surface area contributed by atoms with Crippen LogP contribution in [0.25, 0.3) is 0 Å². The summed E-state index contributed by atoms with van der Waals surface area (Å²) in [5.41, 5.74) is 2.61. The molecule has 88 valence electrons. The van der Waals surface area contributed by atoms with Gasteiger partial charge in [0.05, 0.1) is 6.42 Å². The summed E-state index contributed by atoms with van der Waals surface area (Å²) >= 11 is 10.0. The number of carbonyl (C=O) groups excluding carboxylic acids is 1. The van der Waals surface area contributed by atoms with Crippen molar-refractivity contribution in [3.05, 3.63) is 30.3 Å². The van der Waals surface area contributed by atoms with Crippen LogP contribution >= 0.6 is 12.2 Å². The van der Waals surface area contributed by atoms with Gasteiger partial charge in [0.25, 0.3) is 0 Å². The average molecular weight is 284 g/mol. The van der Waals surface area contributed by atoms with Gasteiger partial charge in [0.1, 0.15) is 10.8 Å². The minimum atomic E-state index is -0.681. The number of nitrogens with one attached hydrogen (secondary N) is 1. The highest BCUT2D eigenvalue weighted by atomic mass is 32.8. The molecule has 7 heteroatoms. The number of hydrogen-bond donors (Lipinski definition) is 1. The summed E-state index contributed by atoms with van der Waals surface area (Å²) in [6.45, 7) is 0. The predicted octanol–water partition coefficient (Wildman–Crippen LogP) is 1.26. The summed E-state index contributed by atoms with van der Waals surface area (Å²) < 4.78 is 5.62. The van der Waals surface area contributed by atoms with E-state index in [9.17, 15) is 4.79 Å². The molecule has 1 aromatic carbocycles. The number of esters is 1. The SMILES string of the molecule is O=C(CC1=NNC(=S)S1=S)Oc1ccccc1. The van der Waals surface area contributed by atoms with Gasteiger partial charge in [0, 0.05) is 0 Å². The molecule has 0 saturated heterocycles.